The van der Waals surface area contributed by atoms with Gasteiger partial charge < -0.3 is 14.4 Å². The van der Waals surface area contributed by atoms with Crippen molar-refractivity contribution in [2.45, 2.75) is 61.7 Å². The average molecular weight is 537 g/mol. The second-order valence-corrected chi connectivity index (χ2v) is 11.5. The van der Waals surface area contributed by atoms with E-state index in [9.17, 15) is 4.79 Å². The van der Waals surface area contributed by atoms with Crippen LogP contribution in [0.3, 0.4) is 0 Å². The van der Waals surface area contributed by atoms with Gasteiger partial charge in [-0.3, -0.25) is 9.78 Å². The minimum Gasteiger partial charge on any atom is -0.490 e. The van der Waals surface area contributed by atoms with E-state index in [2.05, 4.69) is 41.4 Å². The largest absolute Gasteiger partial charge is 0.490 e. The number of amides is 1. The van der Waals surface area contributed by atoms with Crippen molar-refractivity contribution in [2.75, 3.05) is 19.3 Å². The Morgan fingerprint density at radius 2 is 1.97 bits per heavy atom. The van der Waals surface area contributed by atoms with Gasteiger partial charge in [0.15, 0.2) is 0 Å². The van der Waals surface area contributed by atoms with Crippen molar-refractivity contribution in [1.82, 2.24) is 9.88 Å². The molecule has 0 atom stereocenters. The molecule has 0 unspecified atom stereocenters. The minimum atomic E-state index is -0.354. The second-order valence-electron chi connectivity index (χ2n) is 9.91. The molecule has 0 saturated heterocycles. The summed E-state index contributed by atoms with van der Waals surface area (Å²) >= 11 is 8.39. The molecule has 1 amide bonds. The first-order chi connectivity index (χ1) is 18.1. The van der Waals surface area contributed by atoms with Crippen molar-refractivity contribution in [2.24, 2.45) is 0 Å². The number of rotatable bonds is 14. The van der Waals surface area contributed by atoms with Crippen molar-refractivity contribution in [3.05, 3.63) is 77.1 Å². The van der Waals surface area contributed by atoms with Gasteiger partial charge in [0, 0.05) is 47.0 Å². The number of para-hydroxylation sites is 1. The fraction of sp³-hybridized carbons (Fsp3) is 0.400. The van der Waals surface area contributed by atoms with Crippen LogP contribution in [0.1, 0.15) is 49.7 Å². The summed E-state index contributed by atoms with van der Waals surface area (Å²) in [6.07, 6.45) is 11.2. The van der Waals surface area contributed by atoms with Gasteiger partial charge in [0.1, 0.15) is 5.75 Å². The molecule has 37 heavy (non-hydrogen) atoms. The summed E-state index contributed by atoms with van der Waals surface area (Å²) in [5.74, 6) is 1.93. The lowest BCUT2D eigenvalue weighted by atomic mass is 9.96. The fourth-order valence-corrected chi connectivity index (χ4v) is 5.57. The number of unbranched alkanes of at least 4 members (excludes halogenated alkanes) is 1. The SMILES string of the molecule is CN(C=O)CCCCSc1ccc(Cl)c(COC2(c3cnccc3-c3ccccc3OC3CC3)CC2)c1. The molecule has 0 spiro atoms. The number of thioether (sulfide) groups is 1. The van der Waals surface area contributed by atoms with Crippen LogP contribution in [0.5, 0.6) is 5.75 Å². The Kier molecular flexibility index (Phi) is 8.38. The number of aromatic nitrogens is 1. The second kappa shape index (κ2) is 11.9. The predicted molar refractivity (Wildman–Crippen MR) is 149 cm³/mol. The Hall–Kier alpha value is -2.54. The highest BCUT2D eigenvalue weighted by Crippen LogP contribution is 2.53. The van der Waals surface area contributed by atoms with E-state index < -0.39 is 0 Å². The van der Waals surface area contributed by atoms with E-state index >= 15 is 0 Å². The maximum absolute atomic E-state index is 10.7. The summed E-state index contributed by atoms with van der Waals surface area (Å²) in [6, 6.07) is 16.5. The van der Waals surface area contributed by atoms with Gasteiger partial charge in [0.25, 0.3) is 0 Å². The molecule has 2 aliphatic carbocycles. The number of ether oxygens (including phenoxy) is 2. The summed E-state index contributed by atoms with van der Waals surface area (Å²) in [5.41, 5.74) is 3.98. The van der Waals surface area contributed by atoms with Crippen LogP contribution in [-0.2, 0) is 21.7 Å². The zero-order valence-electron chi connectivity index (χ0n) is 21.2. The maximum atomic E-state index is 10.7. The van der Waals surface area contributed by atoms with E-state index in [1.807, 2.05) is 43.3 Å². The molecule has 7 heteroatoms. The van der Waals surface area contributed by atoms with Crippen LogP contribution in [0, 0.1) is 0 Å². The first kappa shape index (κ1) is 26.1. The molecule has 2 aromatic carbocycles. The zero-order valence-corrected chi connectivity index (χ0v) is 22.8. The van der Waals surface area contributed by atoms with Gasteiger partial charge >= 0.3 is 0 Å². The number of carbonyl (C=O) groups is 1. The fourth-order valence-electron chi connectivity index (χ4n) is 4.43. The monoisotopic (exact) mass is 536 g/mol. The van der Waals surface area contributed by atoms with Crippen molar-refractivity contribution in [3.63, 3.8) is 0 Å². The van der Waals surface area contributed by atoms with E-state index in [1.54, 1.807) is 4.90 Å². The molecule has 2 saturated carbocycles. The normalized spacial score (nSPS) is 15.8. The molecule has 2 fully saturated rings. The number of hydrogen-bond acceptors (Lipinski definition) is 5. The van der Waals surface area contributed by atoms with Gasteiger partial charge in [-0.15, -0.1) is 11.8 Å². The molecule has 3 aromatic rings. The van der Waals surface area contributed by atoms with Crippen LogP contribution < -0.4 is 4.74 Å². The highest BCUT2D eigenvalue weighted by atomic mass is 35.5. The summed E-state index contributed by atoms with van der Waals surface area (Å²) < 4.78 is 12.8. The minimum absolute atomic E-state index is 0.336. The molecule has 1 aromatic heterocycles. The lowest BCUT2D eigenvalue weighted by molar-refractivity contribution is -0.117. The Morgan fingerprint density at radius 3 is 2.76 bits per heavy atom. The molecular weight excluding hydrogens is 504 g/mol. The molecule has 0 bridgehead atoms. The van der Waals surface area contributed by atoms with Crippen LogP contribution >= 0.6 is 23.4 Å². The van der Waals surface area contributed by atoms with E-state index in [4.69, 9.17) is 21.1 Å². The molecule has 0 radical (unpaired) electrons. The number of nitrogens with zero attached hydrogens (tertiary/aromatic N) is 2. The highest BCUT2D eigenvalue weighted by molar-refractivity contribution is 7.99. The third-order valence-corrected chi connectivity index (χ3v) is 8.34. The third-order valence-electron chi connectivity index (χ3n) is 6.89. The Morgan fingerprint density at radius 1 is 1.14 bits per heavy atom. The van der Waals surface area contributed by atoms with Crippen LogP contribution in [0.2, 0.25) is 5.02 Å². The summed E-state index contributed by atoms with van der Waals surface area (Å²) in [7, 11) is 1.81. The molecule has 2 aliphatic rings. The van der Waals surface area contributed by atoms with E-state index in [0.717, 1.165) is 90.3 Å². The Labute approximate surface area is 228 Å². The van der Waals surface area contributed by atoms with Crippen LogP contribution in [0.15, 0.2) is 65.8 Å². The van der Waals surface area contributed by atoms with Gasteiger partial charge in [0.05, 0.1) is 18.3 Å². The molecule has 0 aliphatic heterocycles. The highest BCUT2D eigenvalue weighted by Gasteiger charge is 2.47. The number of halogens is 1. The van der Waals surface area contributed by atoms with Gasteiger partial charge in [0.2, 0.25) is 6.41 Å². The van der Waals surface area contributed by atoms with E-state index in [-0.39, 0.29) is 5.60 Å². The number of benzene rings is 2. The molecule has 1 heterocycles. The maximum Gasteiger partial charge on any atom is 0.209 e. The van der Waals surface area contributed by atoms with Gasteiger partial charge in [-0.25, -0.2) is 0 Å². The van der Waals surface area contributed by atoms with Crippen molar-refractivity contribution < 1.29 is 14.3 Å². The molecular formula is C30H33ClN2O3S. The van der Waals surface area contributed by atoms with Crippen molar-refractivity contribution >= 4 is 29.8 Å². The Balaban J connectivity index is 1.26. The van der Waals surface area contributed by atoms with Crippen LogP contribution in [-0.4, -0.2) is 41.7 Å². The predicted octanol–water partition coefficient (Wildman–Crippen LogP) is 7.11. The van der Waals surface area contributed by atoms with Gasteiger partial charge in [-0.2, -0.15) is 0 Å². The lowest BCUT2D eigenvalue weighted by Gasteiger charge is -2.22. The van der Waals surface area contributed by atoms with Crippen LogP contribution in [0.4, 0.5) is 0 Å². The summed E-state index contributed by atoms with van der Waals surface area (Å²) in [4.78, 5) is 18.0. The van der Waals surface area contributed by atoms with Gasteiger partial charge in [-0.05, 0) is 85.7 Å². The quantitative estimate of drug-likeness (QED) is 0.125. The molecule has 5 nitrogen and oxygen atoms in total. The summed E-state index contributed by atoms with van der Waals surface area (Å²) in [5, 5.41) is 0.724. The number of pyridine rings is 1. The van der Waals surface area contributed by atoms with Crippen molar-refractivity contribution in [3.8, 4) is 16.9 Å². The standard InChI is InChI=1S/C30H33ClN2O3S/c1-33(21-34)16-4-5-17-37-24-10-11-28(31)22(18-24)20-35-30(13-14-30)27-19-32-15-12-25(27)26-6-2-3-7-29(26)36-23-8-9-23/h2-3,6-7,10-12,15,18-19,21,23H,4-5,8-9,13-14,16-17,20H2,1H3. The topological polar surface area (TPSA) is 51.7 Å². The molecule has 5 rings (SSSR count). The smallest absolute Gasteiger partial charge is 0.209 e. The zero-order chi connectivity index (χ0) is 25.7. The summed E-state index contributed by atoms with van der Waals surface area (Å²) in [6.45, 7) is 1.24. The third kappa shape index (κ3) is 6.67. The lowest BCUT2D eigenvalue weighted by Crippen LogP contribution is -2.16. The molecule has 194 valence electrons. The number of hydrogen-bond donors (Lipinski definition) is 0. The van der Waals surface area contributed by atoms with E-state index in [1.165, 1.54) is 4.90 Å². The van der Waals surface area contributed by atoms with E-state index in [0.29, 0.717) is 12.7 Å². The van der Waals surface area contributed by atoms with Crippen molar-refractivity contribution in [1.29, 1.82) is 0 Å². The van der Waals surface area contributed by atoms with Gasteiger partial charge in [-0.1, -0.05) is 29.8 Å². The molecule has 0 N–H and O–H groups in total. The number of carbonyl (C=O) groups excluding carboxylic acids is 1. The first-order valence-corrected chi connectivity index (χ1v) is 14.4. The first-order valence-electron chi connectivity index (χ1n) is 13.0. The van der Waals surface area contributed by atoms with Crippen LogP contribution in [0.25, 0.3) is 11.1 Å². The average Bonchev–Trinajstić information content (AvgIpc) is 3.86. The Bertz CT molecular complexity index is 1230.